The third-order valence-electron chi connectivity index (χ3n) is 3.03. The molecule has 2 unspecified atom stereocenters. The normalized spacial score (nSPS) is 14.1. The van der Waals surface area contributed by atoms with Crippen LogP contribution in [0.25, 0.3) is 0 Å². The summed E-state index contributed by atoms with van der Waals surface area (Å²) in [4.78, 5) is 0.840. The quantitative estimate of drug-likeness (QED) is 0.891. The van der Waals surface area contributed by atoms with Gasteiger partial charge in [-0.05, 0) is 23.8 Å². The van der Waals surface area contributed by atoms with E-state index in [1.165, 1.54) is 11.3 Å². The van der Waals surface area contributed by atoms with Crippen LogP contribution >= 0.6 is 22.9 Å². The molecule has 0 radical (unpaired) electrons. The number of hydrogen-bond donors (Lipinski definition) is 2. The summed E-state index contributed by atoms with van der Waals surface area (Å²) < 4.78 is 5.13. The summed E-state index contributed by atoms with van der Waals surface area (Å²) in [6.45, 7) is 0.349. The molecule has 1 aromatic heterocycles. The highest BCUT2D eigenvalue weighted by atomic mass is 35.5. The van der Waals surface area contributed by atoms with Crippen LogP contribution in [-0.2, 0) is 0 Å². The first-order chi connectivity index (χ1) is 9.15. The first-order valence-corrected chi connectivity index (χ1v) is 7.17. The lowest BCUT2D eigenvalue weighted by molar-refractivity contribution is 0.151. The van der Waals surface area contributed by atoms with Crippen molar-refractivity contribution >= 4 is 22.9 Å². The molecule has 3 nitrogen and oxygen atoms in total. The molecule has 0 fully saturated rings. The Balaban J connectivity index is 2.26. The fourth-order valence-electron chi connectivity index (χ4n) is 1.98. The van der Waals surface area contributed by atoms with E-state index in [4.69, 9.17) is 22.1 Å². The molecule has 0 saturated heterocycles. The molecule has 2 atom stereocenters. The predicted octanol–water partition coefficient (Wildman–Crippen LogP) is 3.19. The average Bonchev–Trinajstić information content (AvgIpc) is 2.88. The van der Waals surface area contributed by atoms with E-state index in [1.807, 2.05) is 29.6 Å². The van der Waals surface area contributed by atoms with Gasteiger partial charge in [0, 0.05) is 27.7 Å². The lowest BCUT2D eigenvalue weighted by Gasteiger charge is -2.21. The molecule has 0 aliphatic heterocycles. The second-order valence-electron chi connectivity index (χ2n) is 4.23. The summed E-state index contributed by atoms with van der Waals surface area (Å²) in [5.41, 5.74) is 6.74. The number of ether oxygens (including phenoxy) is 1. The molecule has 3 N–H and O–H groups in total. The number of benzene rings is 1. The Morgan fingerprint density at radius 2 is 2.21 bits per heavy atom. The van der Waals surface area contributed by atoms with Crippen molar-refractivity contribution in [3.63, 3.8) is 0 Å². The van der Waals surface area contributed by atoms with Crippen molar-refractivity contribution in [2.75, 3.05) is 13.7 Å². The van der Waals surface area contributed by atoms with Gasteiger partial charge in [-0.1, -0.05) is 23.7 Å². The SMILES string of the molecule is COc1csc(C(O)C(CN)c2cccc(Cl)c2)c1. The highest BCUT2D eigenvalue weighted by Gasteiger charge is 2.23. The van der Waals surface area contributed by atoms with E-state index in [9.17, 15) is 5.11 Å². The van der Waals surface area contributed by atoms with Crippen LogP contribution in [0.15, 0.2) is 35.7 Å². The Hall–Kier alpha value is -1.07. The molecule has 2 rings (SSSR count). The Bertz CT molecular complexity index is 544. The fraction of sp³-hybridized carbons (Fsp3) is 0.286. The van der Waals surface area contributed by atoms with E-state index in [0.29, 0.717) is 11.6 Å². The second-order valence-corrected chi connectivity index (χ2v) is 5.61. The Kier molecular flexibility index (Phi) is 4.82. The van der Waals surface area contributed by atoms with E-state index in [0.717, 1.165) is 16.2 Å². The lowest BCUT2D eigenvalue weighted by atomic mass is 9.92. The summed E-state index contributed by atoms with van der Waals surface area (Å²) in [5.74, 6) is 0.572. The van der Waals surface area contributed by atoms with E-state index in [-0.39, 0.29) is 5.92 Å². The largest absolute Gasteiger partial charge is 0.496 e. The Morgan fingerprint density at radius 3 is 2.79 bits per heavy atom. The molecule has 0 amide bonds. The minimum atomic E-state index is -0.655. The monoisotopic (exact) mass is 297 g/mol. The van der Waals surface area contributed by atoms with Gasteiger partial charge >= 0.3 is 0 Å². The van der Waals surface area contributed by atoms with Crippen molar-refractivity contribution < 1.29 is 9.84 Å². The van der Waals surface area contributed by atoms with Gasteiger partial charge < -0.3 is 15.6 Å². The van der Waals surface area contributed by atoms with E-state index < -0.39 is 6.10 Å². The summed E-state index contributed by atoms with van der Waals surface area (Å²) in [6, 6.07) is 9.27. The van der Waals surface area contributed by atoms with Gasteiger partial charge in [-0.15, -0.1) is 11.3 Å². The van der Waals surface area contributed by atoms with Crippen molar-refractivity contribution in [1.29, 1.82) is 0 Å². The van der Waals surface area contributed by atoms with Crippen molar-refractivity contribution in [1.82, 2.24) is 0 Å². The third-order valence-corrected chi connectivity index (χ3v) is 4.25. The molecule has 1 aromatic carbocycles. The van der Waals surface area contributed by atoms with Crippen LogP contribution in [0, 0.1) is 0 Å². The Labute approximate surface area is 121 Å². The zero-order chi connectivity index (χ0) is 13.8. The maximum Gasteiger partial charge on any atom is 0.129 e. The lowest BCUT2D eigenvalue weighted by Crippen LogP contribution is -2.19. The second kappa shape index (κ2) is 6.39. The van der Waals surface area contributed by atoms with Crippen LogP contribution in [-0.4, -0.2) is 18.8 Å². The predicted molar refractivity (Wildman–Crippen MR) is 79.1 cm³/mol. The summed E-state index contributed by atoms with van der Waals surface area (Å²) >= 11 is 7.44. The average molecular weight is 298 g/mol. The standard InChI is InChI=1S/C14H16ClNO2S/c1-18-11-6-13(19-8-11)14(17)12(7-16)9-3-2-4-10(15)5-9/h2-6,8,12,14,17H,7,16H2,1H3. The minimum absolute atomic E-state index is 0.179. The van der Waals surface area contributed by atoms with Crippen LogP contribution < -0.4 is 10.5 Å². The molecule has 0 saturated carbocycles. The zero-order valence-electron chi connectivity index (χ0n) is 10.5. The smallest absolute Gasteiger partial charge is 0.129 e. The maximum absolute atomic E-state index is 10.5. The number of halogens is 1. The Morgan fingerprint density at radius 1 is 1.42 bits per heavy atom. The summed E-state index contributed by atoms with van der Waals surface area (Å²) in [6.07, 6.45) is -0.655. The number of nitrogens with two attached hydrogens (primary N) is 1. The molecule has 102 valence electrons. The molecule has 5 heteroatoms. The van der Waals surface area contributed by atoms with Crippen LogP contribution in [0.3, 0.4) is 0 Å². The highest BCUT2D eigenvalue weighted by molar-refractivity contribution is 7.10. The fourth-order valence-corrected chi connectivity index (χ4v) is 3.08. The van der Waals surface area contributed by atoms with Gasteiger partial charge in [-0.3, -0.25) is 0 Å². The van der Waals surface area contributed by atoms with Gasteiger partial charge in [0.2, 0.25) is 0 Å². The molecule has 19 heavy (non-hydrogen) atoms. The number of aliphatic hydroxyl groups excluding tert-OH is 1. The van der Waals surface area contributed by atoms with Gasteiger partial charge in [-0.25, -0.2) is 0 Å². The molecule has 1 heterocycles. The van der Waals surface area contributed by atoms with E-state index in [2.05, 4.69) is 0 Å². The third kappa shape index (κ3) is 3.28. The zero-order valence-corrected chi connectivity index (χ0v) is 12.1. The number of rotatable bonds is 5. The number of methoxy groups -OCH3 is 1. The topological polar surface area (TPSA) is 55.5 Å². The highest BCUT2D eigenvalue weighted by Crippen LogP contribution is 2.36. The minimum Gasteiger partial charge on any atom is -0.496 e. The van der Waals surface area contributed by atoms with Crippen LogP contribution in [0.4, 0.5) is 0 Å². The number of hydrogen-bond acceptors (Lipinski definition) is 4. The molecule has 0 aliphatic carbocycles. The van der Waals surface area contributed by atoms with Crippen molar-refractivity contribution in [2.24, 2.45) is 5.73 Å². The molecule has 0 spiro atoms. The molecule has 2 aromatic rings. The number of thiophene rings is 1. The van der Waals surface area contributed by atoms with Crippen molar-refractivity contribution in [3.05, 3.63) is 51.2 Å². The molecular weight excluding hydrogens is 282 g/mol. The van der Waals surface area contributed by atoms with Crippen LogP contribution in [0.5, 0.6) is 5.75 Å². The maximum atomic E-state index is 10.5. The first-order valence-electron chi connectivity index (χ1n) is 5.91. The number of aliphatic hydroxyl groups is 1. The summed E-state index contributed by atoms with van der Waals surface area (Å²) in [7, 11) is 1.61. The first kappa shape index (κ1) is 14.3. The molecular formula is C14H16ClNO2S. The van der Waals surface area contributed by atoms with Crippen LogP contribution in [0.1, 0.15) is 22.5 Å². The van der Waals surface area contributed by atoms with Gasteiger partial charge in [0.15, 0.2) is 0 Å². The van der Waals surface area contributed by atoms with Crippen molar-refractivity contribution in [2.45, 2.75) is 12.0 Å². The summed E-state index contributed by atoms with van der Waals surface area (Å²) in [5, 5.41) is 13.0. The van der Waals surface area contributed by atoms with Gasteiger partial charge in [-0.2, -0.15) is 0 Å². The van der Waals surface area contributed by atoms with E-state index in [1.54, 1.807) is 13.2 Å². The molecule has 0 bridgehead atoms. The van der Waals surface area contributed by atoms with Gasteiger partial charge in [0.25, 0.3) is 0 Å². The van der Waals surface area contributed by atoms with Crippen LogP contribution in [0.2, 0.25) is 5.02 Å². The van der Waals surface area contributed by atoms with E-state index >= 15 is 0 Å². The van der Waals surface area contributed by atoms with Crippen molar-refractivity contribution in [3.8, 4) is 5.75 Å². The molecule has 0 aliphatic rings. The van der Waals surface area contributed by atoms with Gasteiger partial charge in [0.1, 0.15) is 5.75 Å². The van der Waals surface area contributed by atoms with Gasteiger partial charge in [0.05, 0.1) is 13.2 Å².